The van der Waals surface area contributed by atoms with Gasteiger partial charge in [-0.2, -0.15) is 0 Å². The number of hydrogen-bond donors (Lipinski definition) is 1. The number of ether oxygens (including phenoxy) is 3. The molecule has 5 aromatic rings. The summed E-state index contributed by atoms with van der Waals surface area (Å²) in [5, 5.41) is 8.88. The van der Waals surface area contributed by atoms with Gasteiger partial charge in [-0.05, 0) is 102 Å². The van der Waals surface area contributed by atoms with Crippen molar-refractivity contribution in [3.05, 3.63) is 155 Å². The molecule has 0 aromatic heterocycles. The van der Waals surface area contributed by atoms with E-state index >= 15 is 0 Å². The number of fused-ring (bicyclic) bond motifs is 1. The quantitative estimate of drug-likeness (QED) is 0.127. The van der Waals surface area contributed by atoms with Crippen molar-refractivity contribution in [2.24, 2.45) is 4.99 Å². The van der Waals surface area contributed by atoms with Gasteiger partial charge in [0.25, 0.3) is 0 Å². The predicted molar refractivity (Wildman–Crippen MR) is 180 cm³/mol. The fourth-order valence-electron chi connectivity index (χ4n) is 5.79. The number of aliphatic carboxylic acids is 1. The van der Waals surface area contributed by atoms with E-state index in [0.717, 1.165) is 56.5 Å². The minimum absolute atomic E-state index is 0.0924. The van der Waals surface area contributed by atoms with Crippen LogP contribution in [0.25, 0.3) is 0 Å². The fraction of sp³-hybridized carbons (Fsp3) is 0.200. The van der Waals surface area contributed by atoms with Crippen molar-refractivity contribution in [3.8, 4) is 17.2 Å². The van der Waals surface area contributed by atoms with Gasteiger partial charge in [0.2, 0.25) is 0 Å². The number of rotatable bonds is 14. The maximum absolute atomic E-state index is 10.8. The van der Waals surface area contributed by atoms with Gasteiger partial charge in [0.1, 0.15) is 30.5 Å². The van der Waals surface area contributed by atoms with Crippen LogP contribution in [0.15, 0.2) is 132 Å². The summed E-state index contributed by atoms with van der Waals surface area (Å²) in [4.78, 5) is 16.0. The molecule has 0 spiro atoms. The van der Waals surface area contributed by atoms with Gasteiger partial charge >= 0.3 is 5.97 Å². The maximum atomic E-state index is 10.8. The van der Waals surface area contributed by atoms with Crippen molar-refractivity contribution in [2.45, 2.75) is 44.8 Å². The van der Waals surface area contributed by atoms with Crippen LogP contribution >= 0.6 is 0 Å². The maximum Gasteiger partial charge on any atom is 0.303 e. The van der Waals surface area contributed by atoms with Gasteiger partial charge in [0.05, 0.1) is 18.0 Å². The van der Waals surface area contributed by atoms with Gasteiger partial charge in [-0.1, -0.05) is 72.8 Å². The minimum Gasteiger partial charge on any atom is -0.494 e. The summed E-state index contributed by atoms with van der Waals surface area (Å²) in [6.45, 7) is 3.61. The Labute approximate surface area is 269 Å². The van der Waals surface area contributed by atoms with E-state index in [2.05, 4.69) is 61.5 Å². The first-order valence-corrected chi connectivity index (χ1v) is 15.6. The van der Waals surface area contributed by atoms with Gasteiger partial charge in [0, 0.05) is 11.8 Å². The summed E-state index contributed by atoms with van der Waals surface area (Å²) >= 11 is 0. The van der Waals surface area contributed by atoms with Crippen LogP contribution in [0.4, 0.5) is 5.69 Å². The molecule has 1 heterocycles. The molecule has 1 N–H and O–H groups in total. The van der Waals surface area contributed by atoms with Crippen molar-refractivity contribution in [1.29, 1.82) is 0 Å². The average Bonchev–Trinajstić information content (AvgIpc) is 3.37. The first kappa shape index (κ1) is 30.7. The molecule has 0 bridgehead atoms. The largest absolute Gasteiger partial charge is 0.494 e. The average molecular weight is 612 g/mol. The van der Waals surface area contributed by atoms with E-state index in [1.165, 1.54) is 0 Å². The van der Waals surface area contributed by atoms with E-state index in [1.807, 2.05) is 72.8 Å². The molecular weight excluding hydrogens is 574 g/mol. The summed E-state index contributed by atoms with van der Waals surface area (Å²) in [5.41, 5.74) is 7.03. The van der Waals surface area contributed by atoms with E-state index < -0.39 is 11.4 Å². The Morgan fingerprint density at radius 1 is 0.674 bits per heavy atom. The highest BCUT2D eigenvalue weighted by atomic mass is 16.5. The van der Waals surface area contributed by atoms with E-state index in [9.17, 15) is 4.79 Å². The normalized spacial score (nSPS) is 15.1. The van der Waals surface area contributed by atoms with E-state index in [4.69, 9.17) is 24.3 Å². The standard InChI is InChI=1S/C40H37NO5/c1-40(26-29-14-18-33(19-15-29)44-24-8-13-38(42)43)36-25-35(46-28-31-11-6-3-7-12-31)22-23-37(36)41-39(40)32-16-20-34(21-17-32)45-27-30-9-4-2-5-10-30/h2-7,9-12,14-23,25H,8,13,24,26-28H2,1H3,(H,42,43). The Kier molecular flexibility index (Phi) is 9.44. The molecule has 0 radical (unpaired) electrons. The molecular formula is C40H37NO5. The van der Waals surface area contributed by atoms with Crippen LogP contribution in [0, 0.1) is 0 Å². The molecule has 46 heavy (non-hydrogen) atoms. The van der Waals surface area contributed by atoms with Crippen LogP contribution in [-0.2, 0) is 29.8 Å². The third-order valence-corrected chi connectivity index (χ3v) is 8.23. The Balaban J connectivity index is 1.23. The van der Waals surface area contributed by atoms with Crippen LogP contribution in [0.3, 0.4) is 0 Å². The fourth-order valence-corrected chi connectivity index (χ4v) is 5.79. The van der Waals surface area contributed by atoms with Crippen molar-refractivity contribution < 1.29 is 24.1 Å². The second kappa shape index (κ2) is 14.2. The molecule has 1 aliphatic rings. The SMILES string of the molecule is CC1(Cc2ccc(OCCCC(=O)O)cc2)C(c2ccc(OCc3ccccc3)cc2)=Nc2ccc(OCc3ccccc3)cc21. The Morgan fingerprint density at radius 3 is 1.87 bits per heavy atom. The second-order valence-electron chi connectivity index (χ2n) is 11.7. The summed E-state index contributed by atoms with van der Waals surface area (Å²) in [5.74, 6) is 1.52. The molecule has 232 valence electrons. The lowest BCUT2D eigenvalue weighted by molar-refractivity contribution is -0.137. The molecule has 1 atom stereocenters. The Morgan fingerprint density at radius 2 is 1.24 bits per heavy atom. The molecule has 6 nitrogen and oxygen atoms in total. The number of aliphatic imine (C=N–C) groups is 1. The topological polar surface area (TPSA) is 77.4 Å². The lowest BCUT2D eigenvalue weighted by atomic mass is 9.73. The molecule has 0 aliphatic carbocycles. The molecule has 0 saturated carbocycles. The number of carboxylic acid groups (broad SMARTS) is 1. The molecule has 0 saturated heterocycles. The zero-order chi connectivity index (χ0) is 31.8. The van der Waals surface area contributed by atoms with Crippen LogP contribution in [0.1, 0.15) is 47.6 Å². The van der Waals surface area contributed by atoms with Gasteiger partial charge in [-0.15, -0.1) is 0 Å². The zero-order valence-electron chi connectivity index (χ0n) is 25.9. The molecule has 1 aliphatic heterocycles. The highest BCUT2D eigenvalue weighted by Gasteiger charge is 2.40. The van der Waals surface area contributed by atoms with Gasteiger partial charge in [0.15, 0.2) is 0 Å². The molecule has 1 unspecified atom stereocenters. The summed E-state index contributed by atoms with van der Waals surface area (Å²) in [6.07, 6.45) is 1.28. The minimum atomic E-state index is -0.815. The lowest BCUT2D eigenvalue weighted by Crippen LogP contribution is -2.33. The predicted octanol–water partition coefficient (Wildman–Crippen LogP) is 8.72. The van der Waals surface area contributed by atoms with Gasteiger partial charge in [-0.3, -0.25) is 9.79 Å². The summed E-state index contributed by atoms with van der Waals surface area (Å²) < 4.78 is 18.1. The van der Waals surface area contributed by atoms with Crippen LogP contribution in [0.5, 0.6) is 17.2 Å². The van der Waals surface area contributed by atoms with Crippen molar-refractivity contribution in [1.82, 2.24) is 0 Å². The van der Waals surface area contributed by atoms with E-state index in [-0.39, 0.29) is 6.42 Å². The van der Waals surface area contributed by atoms with Gasteiger partial charge < -0.3 is 19.3 Å². The van der Waals surface area contributed by atoms with Crippen molar-refractivity contribution >= 4 is 17.4 Å². The summed E-state index contributed by atoms with van der Waals surface area (Å²) in [6, 6.07) is 42.7. The molecule has 0 amide bonds. The smallest absolute Gasteiger partial charge is 0.303 e. The highest BCUT2D eigenvalue weighted by Crippen LogP contribution is 2.46. The molecule has 0 fully saturated rings. The monoisotopic (exact) mass is 611 g/mol. The number of nitrogens with zero attached hydrogens (tertiary/aromatic N) is 1. The van der Waals surface area contributed by atoms with Crippen molar-refractivity contribution in [3.63, 3.8) is 0 Å². The second-order valence-corrected chi connectivity index (χ2v) is 11.7. The van der Waals surface area contributed by atoms with Crippen LogP contribution < -0.4 is 14.2 Å². The highest BCUT2D eigenvalue weighted by molar-refractivity contribution is 6.12. The zero-order valence-corrected chi connectivity index (χ0v) is 25.9. The third-order valence-electron chi connectivity index (χ3n) is 8.23. The van der Waals surface area contributed by atoms with Crippen molar-refractivity contribution in [2.75, 3.05) is 6.61 Å². The number of hydrogen-bond acceptors (Lipinski definition) is 5. The Bertz CT molecular complexity index is 1780. The molecule has 6 heteroatoms. The van der Waals surface area contributed by atoms with Crippen LogP contribution in [-0.4, -0.2) is 23.4 Å². The van der Waals surface area contributed by atoms with E-state index in [0.29, 0.717) is 32.7 Å². The molecule has 6 rings (SSSR count). The van der Waals surface area contributed by atoms with Gasteiger partial charge in [-0.25, -0.2) is 0 Å². The third kappa shape index (κ3) is 7.46. The number of carboxylic acids is 1. The first-order chi connectivity index (χ1) is 22.5. The van der Waals surface area contributed by atoms with E-state index in [1.54, 1.807) is 0 Å². The number of benzene rings is 5. The Hall–Kier alpha value is -5.36. The van der Waals surface area contributed by atoms with Crippen LogP contribution in [0.2, 0.25) is 0 Å². The number of carbonyl (C=O) groups is 1. The lowest BCUT2D eigenvalue weighted by Gasteiger charge is -2.29. The first-order valence-electron chi connectivity index (χ1n) is 15.6. The molecule has 5 aromatic carbocycles. The summed E-state index contributed by atoms with van der Waals surface area (Å²) in [7, 11) is 0.